The zero-order valence-electron chi connectivity index (χ0n) is 21.6. The van der Waals surface area contributed by atoms with Crippen LogP contribution in [0.15, 0.2) is 77.8 Å². The highest BCUT2D eigenvalue weighted by molar-refractivity contribution is 7.99. The van der Waals surface area contributed by atoms with Gasteiger partial charge in [-0.15, -0.1) is 11.8 Å². The van der Waals surface area contributed by atoms with Crippen molar-refractivity contribution in [3.63, 3.8) is 0 Å². The van der Waals surface area contributed by atoms with Gasteiger partial charge in [-0.3, -0.25) is 9.59 Å². The van der Waals surface area contributed by atoms with Crippen molar-refractivity contribution in [3.8, 4) is 11.5 Å². The minimum absolute atomic E-state index is 0.0221. The molecular formula is C28H30N2O7S. The summed E-state index contributed by atoms with van der Waals surface area (Å²) in [5, 5.41) is 2.42. The molecule has 0 bridgehead atoms. The first-order valence-corrected chi connectivity index (χ1v) is 12.7. The number of esters is 2. The van der Waals surface area contributed by atoms with Gasteiger partial charge in [-0.1, -0.05) is 48.5 Å². The number of nitrogens with one attached hydrogen (secondary N) is 1. The van der Waals surface area contributed by atoms with Crippen LogP contribution in [0.4, 0.5) is 0 Å². The summed E-state index contributed by atoms with van der Waals surface area (Å²) in [6, 6.07) is 20.1. The molecular weight excluding hydrogens is 508 g/mol. The Morgan fingerprint density at radius 3 is 2.26 bits per heavy atom. The second kappa shape index (κ2) is 14.0. The van der Waals surface area contributed by atoms with E-state index in [1.807, 2.05) is 67.6 Å². The van der Waals surface area contributed by atoms with Crippen LogP contribution in [0.5, 0.6) is 11.5 Å². The van der Waals surface area contributed by atoms with Gasteiger partial charge in [-0.05, 0) is 31.5 Å². The van der Waals surface area contributed by atoms with Crippen LogP contribution in [-0.4, -0.2) is 48.9 Å². The lowest BCUT2D eigenvalue weighted by atomic mass is 10.1. The number of ether oxygens (including phenoxy) is 4. The Morgan fingerprint density at radius 1 is 0.974 bits per heavy atom. The second-order valence-corrected chi connectivity index (χ2v) is 9.40. The van der Waals surface area contributed by atoms with Gasteiger partial charge in [-0.2, -0.15) is 0 Å². The fourth-order valence-corrected chi connectivity index (χ4v) is 4.61. The van der Waals surface area contributed by atoms with Crippen molar-refractivity contribution in [3.05, 3.63) is 84.2 Å². The van der Waals surface area contributed by atoms with Gasteiger partial charge in [0.2, 0.25) is 6.79 Å². The molecule has 9 nitrogen and oxygen atoms in total. The zero-order chi connectivity index (χ0) is 27.5. The minimum atomic E-state index is -0.989. The highest BCUT2D eigenvalue weighted by atomic mass is 32.2. The van der Waals surface area contributed by atoms with Crippen molar-refractivity contribution in [1.82, 2.24) is 10.3 Å². The van der Waals surface area contributed by atoms with Gasteiger partial charge in [0.1, 0.15) is 12.1 Å². The summed E-state index contributed by atoms with van der Waals surface area (Å²) in [5.41, 5.74) is 0.875. The normalized spacial score (nSPS) is 12.9. The van der Waals surface area contributed by atoms with Crippen molar-refractivity contribution >= 4 is 29.6 Å². The number of carbonyl (C=O) groups is 3. The molecule has 0 aliphatic heterocycles. The molecule has 200 valence electrons. The number of nitrogens with zero attached hydrogens (tertiary/aromatic N) is 1. The lowest BCUT2D eigenvalue weighted by molar-refractivity contribution is -0.150. The van der Waals surface area contributed by atoms with E-state index in [9.17, 15) is 14.4 Å². The number of amides is 1. The van der Waals surface area contributed by atoms with Crippen LogP contribution < -0.4 is 14.8 Å². The van der Waals surface area contributed by atoms with Crippen molar-refractivity contribution < 1.29 is 33.3 Å². The maximum Gasteiger partial charge on any atom is 0.328 e. The van der Waals surface area contributed by atoms with Crippen molar-refractivity contribution in [2.24, 2.45) is 0 Å². The molecule has 1 N–H and O–H groups in total. The average molecular weight is 539 g/mol. The van der Waals surface area contributed by atoms with E-state index in [0.717, 1.165) is 10.5 Å². The molecule has 0 aliphatic rings. The third-order valence-corrected chi connectivity index (χ3v) is 6.79. The number of aromatic nitrogens is 1. The van der Waals surface area contributed by atoms with Crippen LogP contribution in [-0.2, 0) is 19.1 Å². The van der Waals surface area contributed by atoms with Crippen LogP contribution in [0.3, 0.4) is 0 Å². The maximum absolute atomic E-state index is 13.0. The first kappa shape index (κ1) is 28.5. The van der Waals surface area contributed by atoms with Crippen LogP contribution >= 0.6 is 11.8 Å². The number of thioether (sulfide) groups is 1. The second-order valence-electron chi connectivity index (χ2n) is 8.19. The van der Waals surface area contributed by atoms with Crippen molar-refractivity contribution in [2.75, 3.05) is 13.9 Å². The molecule has 1 heterocycles. The van der Waals surface area contributed by atoms with Gasteiger partial charge >= 0.3 is 11.9 Å². The zero-order valence-corrected chi connectivity index (χ0v) is 22.4. The first-order chi connectivity index (χ1) is 18.3. The van der Waals surface area contributed by atoms with E-state index in [4.69, 9.17) is 18.9 Å². The molecule has 38 heavy (non-hydrogen) atoms. The van der Waals surface area contributed by atoms with Crippen molar-refractivity contribution in [1.29, 1.82) is 0 Å². The van der Waals surface area contributed by atoms with Gasteiger partial charge < -0.3 is 24.3 Å². The molecule has 0 saturated carbocycles. The summed E-state index contributed by atoms with van der Waals surface area (Å²) in [5.74, 6) is -1.65. The fraction of sp³-hybridized carbons (Fsp3) is 0.286. The molecule has 1 aromatic heterocycles. The van der Waals surface area contributed by atoms with E-state index < -0.39 is 36.8 Å². The number of pyridine rings is 1. The van der Waals surface area contributed by atoms with E-state index in [-0.39, 0.29) is 22.4 Å². The van der Waals surface area contributed by atoms with E-state index >= 15 is 0 Å². The lowest BCUT2D eigenvalue weighted by Gasteiger charge is -2.25. The summed E-state index contributed by atoms with van der Waals surface area (Å²) < 4.78 is 21.2. The van der Waals surface area contributed by atoms with Crippen LogP contribution in [0, 0.1) is 0 Å². The monoisotopic (exact) mass is 538 g/mol. The number of rotatable bonds is 12. The first-order valence-electron chi connectivity index (χ1n) is 11.9. The topological polar surface area (TPSA) is 113 Å². The van der Waals surface area contributed by atoms with Gasteiger partial charge in [0.15, 0.2) is 17.2 Å². The highest BCUT2D eigenvalue weighted by Crippen LogP contribution is 2.39. The molecule has 10 heteroatoms. The number of benzene rings is 2. The number of hydrogen-bond acceptors (Lipinski definition) is 9. The molecule has 0 radical (unpaired) electrons. The Bertz CT molecular complexity index is 1220. The fourth-order valence-electron chi connectivity index (χ4n) is 3.46. The molecule has 1 amide bonds. The SMILES string of the molecule is COc1ccnc(C(=O)N[C@@H](C)C(=O)O[C@@H](C)[C@H](Sc2ccccc2)c2ccccc2)c1OCOC(C)=O. The molecule has 0 spiro atoms. The average Bonchev–Trinajstić information content (AvgIpc) is 2.92. The molecule has 3 aromatic rings. The standard InChI is InChI=1S/C28H30N2O7S/c1-18(30-27(32)24-25(36-17-35-20(3)31)23(34-4)15-16-29-24)28(33)37-19(2)26(21-11-7-5-8-12-21)38-22-13-9-6-10-14-22/h5-16,18-19,26H,17H2,1-4H3,(H,30,32)/t18-,19-,26-/m0/s1. The van der Waals surface area contributed by atoms with Gasteiger partial charge in [0.05, 0.1) is 12.4 Å². The summed E-state index contributed by atoms with van der Waals surface area (Å²) >= 11 is 1.59. The molecule has 0 saturated heterocycles. The van der Waals surface area contributed by atoms with Gasteiger partial charge in [0.25, 0.3) is 5.91 Å². The van der Waals surface area contributed by atoms with Crippen molar-refractivity contribution in [2.45, 2.75) is 43.1 Å². The molecule has 0 fully saturated rings. The Hall–Kier alpha value is -4.05. The minimum Gasteiger partial charge on any atom is -0.493 e. The Morgan fingerprint density at radius 2 is 1.63 bits per heavy atom. The molecule has 2 aromatic carbocycles. The molecule has 3 atom stereocenters. The smallest absolute Gasteiger partial charge is 0.328 e. The quantitative estimate of drug-likeness (QED) is 0.201. The van der Waals surface area contributed by atoms with Crippen LogP contribution in [0.2, 0.25) is 0 Å². The largest absolute Gasteiger partial charge is 0.493 e. The Labute approximate surface area is 225 Å². The van der Waals surface area contributed by atoms with E-state index in [1.165, 1.54) is 33.2 Å². The summed E-state index contributed by atoms with van der Waals surface area (Å²) in [4.78, 5) is 42.2. The molecule has 0 unspecified atom stereocenters. The van der Waals surface area contributed by atoms with E-state index in [1.54, 1.807) is 11.8 Å². The predicted molar refractivity (Wildman–Crippen MR) is 142 cm³/mol. The number of hydrogen-bond donors (Lipinski definition) is 1. The summed E-state index contributed by atoms with van der Waals surface area (Å²) in [6.45, 7) is 4.14. The third-order valence-electron chi connectivity index (χ3n) is 5.33. The number of carbonyl (C=O) groups excluding carboxylic acids is 3. The predicted octanol–water partition coefficient (Wildman–Crippen LogP) is 4.57. The Balaban J connectivity index is 1.70. The Kier molecular flexibility index (Phi) is 10.5. The highest BCUT2D eigenvalue weighted by Gasteiger charge is 2.28. The van der Waals surface area contributed by atoms with Gasteiger partial charge in [-0.25, -0.2) is 9.78 Å². The third kappa shape index (κ3) is 7.97. The maximum atomic E-state index is 13.0. The summed E-state index contributed by atoms with van der Waals surface area (Å²) in [7, 11) is 1.40. The molecule has 3 rings (SSSR count). The van der Waals surface area contributed by atoms with E-state index in [0.29, 0.717) is 0 Å². The summed E-state index contributed by atoms with van der Waals surface area (Å²) in [6.07, 6.45) is 0.856. The van der Waals surface area contributed by atoms with Crippen LogP contribution in [0.1, 0.15) is 42.1 Å². The van der Waals surface area contributed by atoms with Gasteiger partial charge in [0, 0.05) is 24.1 Å². The number of methoxy groups -OCH3 is 1. The van der Waals surface area contributed by atoms with Crippen LogP contribution in [0.25, 0.3) is 0 Å². The molecule has 0 aliphatic carbocycles. The van der Waals surface area contributed by atoms with E-state index in [2.05, 4.69) is 10.3 Å². The lowest BCUT2D eigenvalue weighted by Crippen LogP contribution is -2.41.